The minimum Gasteiger partial charge on any atom is -0.497 e. The molecule has 106 valence electrons. The lowest BCUT2D eigenvalue weighted by Gasteiger charge is -2.07. The summed E-state index contributed by atoms with van der Waals surface area (Å²) in [7, 11) is 1.68. The van der Waals surface area contributed by atoms with E-state index in [2.05, 4.69) is 6.07 Å². The fraction of sp³-hybridized carbons (Fsp3) is 0.250. The highest BCUT2D eigenvalue weighted by Crippen LogP contribution is 2.23. The van der Waals surface area contributed by atoms with Crippen molar-refractivity contribution in [2.24, 2.45) is 0 Å². The largest absolute Gasteiger partial charge is 0.497 e. The minimum absolute atomic E-state index is 0.695. The third-order valence-electron chi connectivity index (χ3n) is 2.73. The maximum atomic E-state index is 5.70. The van der Waals surface area contributed by atoms with Crippen LogP contribution in [0.4, 0.5) is 5.69 Å². The Labute approximate surface area is 124 Å². The van der Waals surface area contributed by atoms with Crippen molar-refractivity contribution in [1.82, 2.24) is 0 Å². The quantitative estimate of drug-likeness (QED) is 0.478. The van der Waals surface area contributed by atoms with Crippen molar-refractivity contribution in [2.75, 3.05) is 25.2 Å². The lowest BCUT2D eigenvalue weighted by Crippen LogP contribution is -1.99. The highest BCUT2D eigenvalue weighted by Gasteiger charge is 1.98. The Kier molecular flexibility index (Phi) is 5.62. The predicted molar refractivity (Wildman–Crippen MR) is 84.7 cm³/mol. The van der Waals surface area contributed by atoms with Crippen LogP contribution >= 0.6 is 11.8 Å². The predicted octanol–water partition coefficient (Wildman–Crippen LogP) is 3.84. The summed E-state index contributed by atoms with van der Waals surface area (Å²) in [6.07, 6.45) is 0.983. The first-order valence-electron chi connectivity index (χ1n) is 6.53. The molecule has 0 aliphatic rings. The molecule has 2 aromatic carbocycles. The molecule has 0 radical (unpaired) electrons. The standard InChI is InChI=1S/C16H19NO2S/c1-18-14-6-3-8-16(12-14)20-10-4-9-19-15-7-2-5-13(17)11-15/h2-3,5-8,11-12H,4,9-10,17H2,1H3. The van der Waals surface area contributed by atoms with Crippen LogP contribution < -0.4 is 15.2 Å². The zero-order valence-corrected chi connectivity index (χ0v) is 12.4. The van der Waals surface area contributed by atoms with E-state index in [1.165, 1.54) is 4.90 Å². The van der Waals surface area contributed by atoms with E-state index in [1.807, 2.05) is 42.5 Å². The Hall–Kier alpha value is -1.81. The van der Waals surface area contributed by atoms with E-state index in [1.54, 1.807) is 18.9 Å². The van der Waals surface area contributed by atoms with Crippen molar-refractivity contribution in [3.05, 3.63) is 48.5 Å². The van der Waals surface area contributed by atoms with E-state index < -0.39 is 0 Å². The van der Waals surface area contributed by atoms with Crippen molar-refractivity contribution in [1.29, 1.82) is 0 Å². The van der Waals surface area contributed by atoms with E-state index in [0.29, 0.717) is 6.61 Å². The Morgan fingerprint density at radius 2 is 1.85 bits per heavy atom. The summed E-state index contributed by atoms with van der Waals surface area (Å²) in [6.45, 7) is 0.695. The molecule has 0 fully saturated rings. The average molecular weight is 289 g/mol. The van der Waals surface area contributed by atoms with Gasteiger partial charge >= 0.3 is 0 Å². The Morgan fingerprint density at radius 1 is 1.05 bits per heavy atom. The summed E-state index contributed by atoms with van der Waals surface area (Å²) in [6, 6.07) is 15.6. The number of nitrogen functional groups attached to an aromatic ring is 1. The number of nitrogens with two attached hydrogens (primary N) is 1. The van der Waals surface area contributed by atoms with Gasteiger partial charge in [-0.1, -0.05) is 12.1 Å². The van der Waals surface area contributed by atoms with Gasteiger partial charge in [0.1, 0.15) is 11.5 Å². The molecule has 20 heavy (non-hydrogen) atoms. The van der Waals surface area contributed by atoms with Crippen LogP contribution in [0, 0.1) is 0 Å². The smallest absolute Gasteiger partial charge is 0.121 e. The molecule has 0 heterocycles. The summed E-state index contributed by atoms with van der Waals surface area (Å²) in [5, 5.41) is 0. The van der Waals surface area contributed by atoms with Crippen LogP contribution in [0.1, 0.15) is 6.42 Å². The van der Waals surface area contributed by atoms with Gasteiger partial charge in [0.25, 0.3) is 0 Å². The van der Waals surface area contributed by atoms with Crippen molar-refractivity contribution < 1.29 is 9.47 Å². The van der Waals surface area contributed by atoms with Crippen LogP contribution in [-0.4, -0.2) is 19.5 Å². The van der Waals surface area contributed by atoms with Gasteiger partial charge in [0, 0.05) is 22.4 Å². The number of ether oxygens (including phenoxy) is 2. The molecule has 0 aromatic heterocycles. The van der Waals surface area contributed by atoms with Gasteiger partial charge in [-0.2, -0.15) is 0 Å². The van der Waals surface area contributed by atoms with Gasteiger partial charge in [0.15, 0.2) is 0 Å². The van der Waals surface area contributed by atoms with Crippen molar-refractivity contribution in [3.8, 4) is 11.5 Å². The number of hydrogen-bond donors (Lipinski definition) is 1. The van der Waals surface area contributed by atoms with Crippen LogP contribution in [0.15, 0.2) is 53.4 Å². The van der Waals surface area contributed by atoms with Gasteiger partial charge in [0.2, 0.25) is 0 Å². The van der Waals surface area contributed by atoms with Crippen LogP contribution in [0.25, 0.3) is 0 Å². The summed E-state index contributed by atoms with van der Waals surface area (Å²) in [4.78, 5) is 1.22. The average Bonchev–Trinajstić information content (AvgIpc) is 2.47. The molecule has 4 heteroatoms. The van der Waals surface area contributed by atoms with Crippen molar-refractivity contribution in [3.63, 3.8) is 0 Å². The molecular weight excluding hydrogens is 270 g/mol. The normalized spacial score (nSPS) is 10.2. The molecule has 2 rings (SSSR count). The lowest BCUT2D eigenvalue weighted by atomic mass is 10.3. The molecule has 2 aromatic rings. The summed E-state index contributed by atoms with van der Waals surface area (Å²) in [5.74, 6) is 2.73. The second-order valence-electron chi connectivity index (χ2n) is 4.30. The molecule has 0 aliphatic carbocycles. The van der Waals surface area contributed by atoms with Crippen LogP contribution in [0.2, 0.25) is 0 Å². The molecule has 2 N–H and O–H groups in total. The van der Waals surface area contributed by atoms with Gasteiger partial charge in [-0.15, -0.1) is 11.8 Å². The first-order valence-corrected chi connectivity index (χ1v) is 7.51. The Bertz CT molecular complexity index is 546. The summed E-state index contributed by atoms with van der Waals surface area (Å²) >= 11 is 1.80. The lowest BCUT2D eigenvalue weighted by molar-refractivity contribution is 0.319. The second kappa shape index (κ2) is 7.70. The summed E-state index contributed by atoms with van der Waals surface area (Å²) < 4.78 is 10.9. The maximum absolute atomic E-state index is 5.70. The van der Waals surface area contributed by atoms with Gasteiger partial charge in [-0.25, -0.2) is 0 Å². The zero-order valence-electron chi connectivity index (χ0n) is 11.5. The highest BCUT2D eigenvalue weighted by atomic mass is 32.2. The van der Waals surface area contributed by atoms with E-state index in [-0.39, 0.29) is 0 Å². The maximum Gasteiger partial charge on any atom is 0.121 e. The molecule has 0 unspecified atom stereocenters. The van der Waals surface area contributed by atoms with E-state index in [0.717, 1.165) is 29.4 Å². The third kappa shape index (κ3) is 4.70. The van der Waals surface area contributed by atoms with Gasteiger partial charge < -0.3 is 15.2 Å². The number of thioether (sulfide) groups is 1. The first kappa shape index (κ1) is 14.6. The summed E-state index contributed by atoms with van der Waals surface area (Å²) in [5.41, 5.74) is 6.43. The topological polar surface area (TPSA) is 44.5 Å². The fourth-order valence-electron chi connectivity index (χ4n) is 1.73. The number of anilines is 1. The van der Waals surface area contributed by atoms with Crippen LogP contribution in [-0.2, 0) is 0 Å². The van der Waals surface area contributed by atoms with Crippen LogP contribution in [0.5, 0.6) is 11.5 Å². The molecule has 0 saturated heterocycles. The molecule has 0 amide bonds. The molecule has 0 saturated carbocycles. The number of rotatable bonds is 7. The van der Waals surface area contributed by atoms with Gasteiger partial charge in [-0.05, 0) is 36.8 Å². The Balaban J connectivity index is 1.68. The van der Waals surface area contributed by atoms with Crippen molar-refractivity contribution in [2.45, 2.75) is 11.3 Å². The van der Waals surface area contributed by atoms with Crippen LogP contribution in [0.3, 0.4) is 0 Å². The minimum atomic E-state index is 0.695. The first-order chi connectivity index (χ1) is 9.78. The highest BCUT2D eigenvalue weighted by molar-refractivity contribution is 7.99. The molecular formula is C16H19NO2S. The number of benzene rings is 2. The van der Waals surface area contributed by atoms with Crippen molar-refractivity contribution >= 4 is 17.4 Å². The van der Waals surface area contributed by atoms with Gasteiger partial charge in [0.05, 0.1) is 13.7 Å². The zero-order chi connectivity index (χ0) is 14.2. The fourth-order valence-corrected chi connectivity index (χ4v) is 2.61. The number of methoxy groups -OCH3 is 1. The third-order valence-corrected chi connectivity index (χ3v) is 3.81. The Morgan fingerprint density at radius 3 is 2.65 bits per heavy atom. The van der Waals surface area contributed by atoms with E-state index in [4.69, 9.17) is 15.2 Å². The molecule has 0 bridgehead atoms. The molecule has 3 nitrogen and oxygen atoms in total. The van der Waals surface area contributed by atoms with Gasteiger partial charge in [-0.3, -0.25) is 0 Å². The SMILES string of the molecule is COc1cccc(SCCCOc2cccc(N)c2)c1. The monoisotopic (exact) mass is 289 g/mol. The second-order valence-corrected chi connectivity index (χ2v) is 5.47. The number of hydrogen-bond acceptors (Lipinski definition) is 4. The molecule has 0 spiro atoms. The van der Waals surface area contributed by atoms with E-state index in [9.17, 15) is 0 Å². The molecule has 0 atom stereocenters. The van der Waals surface area contributed by atoms with E-state index >= 15 is 0 Å². The molecule has 0 aliphatic heterocycles.